The number of hydrogen-bond acceptors (Lipinski definition) is 4. The number of imide groups is 1. The lowest BCUT2D eigenvalue weighted by atomic mass is 10.2. The zero-order valence-corrected chi connectivity index (χ0v) is 10.4. The molecule has 1 unspecified atom stereocenters. The van der Waals surface area contributed by atoms with E-state index in [1.165, 1.54) is 16.2 Å². The quantitative estimate of drug-likeness (QED) is 0.746. The van der Waals surface area contributed by atoms with Gasteiger partial charge in [0.25, 0.3) is 5.91 Å². The molecule has 1 atom stereocenters. The Kier molecular flexibility index (Phi) is 2.39. The Morgan fingerprint density at radius 3 is 3.00 bits per heavy atom. The fourth-order valence-electron chi connectivity index (χ4n) is 2.44. The number of hydrogen-bond donors (Lipinski definition) is 0. The van der Waals surface area contributed by atoms with E-state index in [4.69, 9.17) is 0 Å². The van der Waals surface area contributed by atoms with Crippen molar-refractivity contribution in [2.24, 2.45) is 0 Å². The second-order valence-corrected chi connectivity index (χ2v) is 5.38. The third-order valence-corrected chi connectivity index (χ3v) is 4.19. The van der Waals surface area contributed by atoms with Gasteiger partial charge in [0.15, 0.2) is 0 Å². The normalized spacial score (nSPS) is 23.7. The van der Waals surface area contributed by atoms with Crippen molar-refractivity contribution in [3.05, 3.63) is 16.1 Å². The molecule has 1 aromatic rings. The molecular weight excluding hydrogens is 238 g/mol. The number of aromatic nitrogens is 1. The number of rotatable bonds is 2. The summed E-state index contributed by atoms with van der Waals surface area (Å²) in [7, 11) is 0. The van der Waals surface area contributed by atoms with Crippen molar-refractivity contribution < 1.29 is 9.59 Å². The van der Waals surface area contributed by atoms with E-state index in [1.807, 2.05) is 12.3 Å². The minimum atomic E-state index is -0.205. The number of urea groups is 1. The summed E-state index contributed by atoms with van der Waals surface area (Å²) in [4.78, 5) is 31.4. The van der Waals surface area contributed by atoms with Gasteiger partial charge in [-0.15, -0.1) is 11.3 Å². The van der Waals surface area contributed by atoms with E-state index in [2.05, 4.69) is 4.98 Å². The van der Waals surface area contributed by atoms with Crippen LogP contribution in [0.1, 0.15) is 23.5 Å². The van der Waals surface area contributed by atoms with Crippen LogP contribution in [0.15, 0.2) is 5.38 Å². The third kappa shape index (κ3) is 1.63. The maximum absolute atomic E-state index is 12.0. The number of carbonyl (C=O) groups excluding carboxylic acids is 2. The predicted molar refractivity (Wildman–Crippen MR) is 62.5 cm³/mol. The van der Waals surface area contributed by atoms with Crippen LogP contribution >= 0.6 is 11.3 Å². The highest BCUT2D eigenvalue weighted by Crippen LogP contribution is 2.28. The van der Waals surface area contributed by atoms with E-state index < -0.39 is 0 Å². The number of carbonyl (C=O) groups is 2. The first-order valence-electron chi connectivity index (χ1n) is 5.70. The number of thiazole rings is 1. The molecule has 0 saturated carbocycles. The lowest BCUT2D eigenvalue weighted by Gasteiger charge is -2.13. The van der Waals surface area contributed by atoms with Crippen LogP contribution in [0.3, 0.4) is 0 Å². The van der Waals surface area contributed by atoms with Crippen molar-refractivity contribution in [1.29, 1.82) is 0 Å². The van der Waals surface area contributed by atoms with Crippen molar-refractivity contribution in [3.8, 4) is 0 Å². The number of amides is 3. The summed E-state index contributed by atoms with van der Waals surface area (Å²) >= 11 is 1.49. The van der Waals surface area contributed by atoms with Gasteiger partial charge in [-0.05, 0) is 19.8 Å². The fourth-order valence-corrected chi connectivity index (χ4v) is 3.20. The molecule has 2 aliphatic heterocycles. The Hall–Kier alpha value is -1.43. The third-order valence-electron chi connectivity index (χ3n) is 3.24. The first-order chi connectivity index (χ1) is 8.16. The number of nitrogens with zero attached hydrogens (tertiary/aromatic N) is 3. The molecule has 17 heavy (non-hydrogen) atoms. The highest BCUT2D eigenvalue weighted by molar-refractivity contribution is 7.09. The van der Waals surface area contributed by atoms with Gasteiger partial charge in [-0.3, -0.25) is 9.69 Å². The molecule has 0 radical (unpaired) electrons. The molecule has 6 heteroatoms. The van der Waals surface area contributed by atoms with Crippen LogP contribution in [0.5, 0.6) is 0 Å². The Morgan fingerprint density at radius 1 is 1.53 bits per heavy atom. The molecule has 0 bridgehead atoms. The van der Waals surface area contributed by atoms with Gasteiger partial charge in [0.05, 0.1) is 6.54 Å². The van der Waals surface area contributed by atoms with Gasteiger partial charge in [0, 0.05) is 17.6 Å². The van der Waals surface area contributed by atoms with Crippen LogP contribution in [0.2, 0.25) is 0 Å². The van der Waals surface area contributed by atoms with Gasteiger partial charge in [-0.25, -0.2) is 9.78 Å². The van der Waals surface area contributed by atoms with E-state index >= 15 is 0 Å². The van der Waals surface area contributed by atoms with Gasteiger partial charge in [-0.1, -0.05) is 0 Å². The van der Waals surface area contributed by atoms with Gasteiger partial charge in [-0.2, -0.15) is 0 Å². The smallest absolute Gasteiger partial charge is 0.312 e. The molecule has 0 spiro atoms. The number of fused-ring (bicyclic) bond motifs is 1. The topological polar surface area (TPSA) is 53.5 Å². The van der Waals surface area contributed by atoms with Crippen molar-refractivity contribution in [1.82, 2.24) is 14.8 Å². The van der Waals surface area contributed by atoms with Crippen LogP contribution in [0, 0.1) is 6.92 Å². The van der Waals surface area contributed by atoms with Crippen molar-refractivity contribution >= 4 is 23.3 Å². The van der Waals surface area contributed by atoms with Gasteiger partial charge < -0.3 is 4.90 Å². The van der Waals surface area contributed by atoms with Crippen LogP contribution in [-0.4, -0.2) is 39.3 Å². The minimum Gasteiger partial charge on any atom is -0.312 e. The first kappa shape index (κ1) is 10.7. The highest BCUT2D eigenvalue weighted by atomic mass is 32.1. The zero-order valence-electron chi connectivity index (χ0n) is 9.55. The van der Waals surface area contributed by atoms with E-state index in [0.29, 0.717) is 13.1 Å². The standard InChI is InChI=1S/C11H13N3O2S/c1-7-6-17-9(12-7)5-14-10(15)8-3-2-4-13(8)11(14)16/h6,8H,2-5H2,1H3. The first-order valence-corrected chi connectivity index (χ1v) is 6.58. The summed E-state index contributed by atoms with van der Waals surface area (Å²) in [6, 6.07) is -0.353. The lowest BCUT2D eigenvalue weighted by Crippen LogP contribution is -2.32. The summed E-state index contributed by atoms with van der Waals surface area (Å²) in [5.74, 6) is -0.0552. The fraction of sp³-hybridized carbons (Fsp3) is 0.545. The molecule has 2 aliphatic rings. The maximum atomic E-state index is 12.0. The maximum Gasteiger partial charge on any atom is 0.327 e. The van der Waals surface area contributed by atoms with Gasteiger partial charge in [0.1, 0.15) is 11.0 Å². The molecule has 2 fully saturated rings. The second kappa shape index (κ2) is 3.80. The summed E-state index contributed by atoms with van der Waals surface area (Å²) in [6.07, 6.45) is 1.74. The van der Waals surface area contributed by atoms with Crippen molar-refractivity contribution in [3.63, 3.8) is 0 Å². The largest absolute Gasteiger partial charge is 0.327 e. The zero-order chi connectivity index (χ0) is 12.0. The summed E-state index contributed by atoms with van der Waals surface area (Å²) in [5.41, 5.74) is 0.935. The molecule has 2 saturated heterocycles. The van der Waals surface area contributed by atoms with Crippen LogP contribution < -0.4 is 0 Å². The van der Waals surface area contributed by atoms with E-state index in [0.717, 1.165) is 23.5 Å². The summed E-state index contributed by atoms with van der Waals surface area (Å²) < 4.78 is 0. The Morgan fingerprint density at radius 2 is 2.35 bits per heavy atom. The molecule has 1 aromatic heterocycles. The van der Waals surface area contributed by atoms with Gasteiger partial charge >= 0.3 is 6.03 Å². The Bertz CT molecular complexity index is 463. The van der Waals surface area contributed by atoms with Crippen LogP contribution in [0.25, 0.3) is 0 Å². The highest BCUT2D eigenvalue weighted by Gasteiger charge is 2.47. The predicted octanol–water partition coefficient (Wildman–Crippen LogP) is 1.38. The molecule has 0 aliphatic carbocycles. The second-order valence-electron chi connectivity index (χ2n) is 4.44. The van der Waals surface area contributed by atoms with Crippen molar-refractivity contribution in [2.75, 3.05) is 6.54 Å². The molecule has 3 amide bonds. The van der Waals surface area contributed by atoms with E-state index in [9.17, 15) is 9.59 Å². The lowest BCUT2D eigenvalue weighted by molar-refractivity contribution is -0.128. The van der Waals surface area contributed by atoms with Crippen LogP contribution in [-0.2, 0) is 11.3 Å². The number of aryl methyl sites for hydroxylation is 1. The average Bonchev–Trinajstić information content (AvgIpc) is 2.96. The summed E-state index contributed by atoms with van der Waals surface area (Å²) in [6.45, 7) is 2.94. The summed E-state index contributed by atoms with van der Waals surface area (Å²) in [5, 5.41) is 2.76. The Labute approximate surface area is 103 Å². The van der Waals surface area contributed by atoms with Gasteiger partial charge in [0.2, 0.25) is 0 Å². The monoisotopic (exact) mass is 251 g/mol. The molecule has 3 rings (SSSR count). The molecule has 5 nitrogen and oxygen atoms in total. The molecule has 3 heterocycles. The Balaban J connectivity index is 1.80. The SMILES string of the molecule is Cc1csc(CN2C(=O)C3CCCN3C2=O)n1. The minimum absolute atomic E-state index is 0.0552. The van der Waals surface area contributed by atoms with E-state index in [1.54, 1.807) is 4.90 Å². The van der Waals surface area contributed by atoms with Crippen molar-refractivity contribution in [2.45, 2.75) is 32.4 Å². The van der Waals surface area contributed by atoms with E-state index in [-0.39, 0.29) is 18.0 Å². The molecule has 0 N–H and O–H groups in total. The molecule has 90 valence electrons. The molecule has 0 aromatic carbocycles. The molecular formula is C11H13N3O2S. The average molecular weight is 251 g/mol. The van der Waals surface area contributed by atoms with Crippen LogP contribution in [0.4, 0.5) is 4.79 Å².